The van der Waals surface area contributed by atoms with Crippen molar-refractivity contribution in [2.75, 3.05) is 13.2 Å². The number of carboxylic acids is 1. The average Bonchev–Trinajstić information content (AvgIpc) is 2.67. The number of rotatable bonds is 3. The molecule has 192 valence electrons. The van der Waals surface area contributed by atoms with Gasteiger partial charge in [-0.05, 0) is 26.0 Å². The van der Waals surface area contributed by atoms with E-state index in [4.69, 9.17) is 27.7 Å². The van der Waals surface area contributed by atoms with Gasteiger partial charge in [-0.1, -0.05) is 0 Å². The third-order valence-corrected chi connectivity index (χ3v) is 2.75. The summed E-state index contributed by atoms with van der Waals surface area (Å²) >= 11 is 0. The Labute approximate surface area is 188 Å². The van der Waals surface area contributed by atoms with Crippen LogP contribution in [0.1, 0.15) is 34.6 Å². The molecular formula is C18H18F6O9S. The van der Waals surface area contributed by atoms with Crippen molar-refractivity contribution in [1.82, 2.24) is 0 Å². The third-order valence-electron chi connectivity index (χ3n) is 2.75. The van der Waals surface area contributed by atoms with Crippen LogP contribution >= 0.6 is 0 Å². The number of hydrogen-bond donors (Lipinski definition) is 4. The smallest absolute Gasteiger partial charge is 0.394 e. The summed E-state index contributed by atoms with van der Waals surface area (Å²) in [6.07, 6.45) is 0. The van der Waals surface area contributed by atoms with E-state index in [1.807, 2.05) is 0 Å². The highest BCUT2D eigenvalue weighted by Gasteiger charge is 2.17. The molecule has 0 unspecified atom stereocenters. The molecule has 2 aromatic carbocycles. The number of aliphatic hydroxyl groups excluding tert-OH is 1. The van der Waals surface area contributed by atoms with Gasteiger partial charge >= 0.3 is 22.3 Å². The molecular weight excluding hydrogens is 506 g/mol. The minimum absolute atomic E-state index is 0.0390. The van der Waals surface area contributed by atoms with Crippen molar-refractivity contribution in [1.29, 1.82) is 0 Å². The molecule has 0 saturated heterocycles. The number of benzene rings is 2. The molecule has 2 rings (SSSR count). The quantitative estimate of drug-likeness (QED) is 0.204. The first-order chi connectivity index (χ1) is 15.5. The van der Waals surface area contributed by atoms with Crippen molar-refractivity contribution in [2.45, 2.75) is 13.8 Å². The second-order valence-corrected chi connectivity index (χ2v) is 6.18. The lowest BCUT2D eigenvalue weighted by molar-refractivity contribution is 0.0519. The van der Waals surface area contributed by atoms with Crippen molar-refractivity contribution >= 4 is 22.3 Å². The number of carbonyl (C=O) groups is 2. The van der Waals surface area contributed by atoms with Crippen LogP contribution in [0.25, 0.3) is 0 Å². The van der Waals surface area contributed by atoms with Gasteiger partial charge in [0.1, 0.15) is 11.6 Å². The molecule has 0 aromatic heterocycles. The van der Waals surface area contributed by atoms with E-state index < -0.39 is 68.4 Å². The van der Waals surface area contributed by atoms with Crippen LogP contribution in [-0.2, 0) is 15.1 Å². The molecule has 0 spiro atoms. The van der Waals surface area contributed by atoms with Crippen molar-refractivity contribution < 1.29 is 68.4 Å². The summed E-state index contributed by atoms with van der Waals surface area (Å²) in [6, 6.07) is 1.27. The van der Waals surface area contributed by atoms with Crippen molar-refractivity contribution in [2.24, 2.45) is 0 Å². The van der Waals surface area contributed by atoms with Gasteiger partial charge in [-0.15, -0.1) is 0 Å². The molecule has 0 aliphatic carbocycles. The zero-order valence-corrected chi connectivity index (χ0v) is 18.0. The van der Waals surface area contributed by atoms with Gasteiger partial charge < -0.3 is 14.9 Å². The van der Waals surface area contributed by atoms with Crippen molar-refractivity contribution in [3.8, 4) is 0 Å². The number of aromatic carboxylic acids is 1. The first kappa shape index (κ1) is 33.0. The lowest BCUT2D eigenvalue weighted by atomic mass is 10.2. The Hall–Kier alpha value is -3.21. The van der Waals surface area contributed by atoms with Crippen molar-refractivity contribution in [3.05, 3.63) is 70.3 Å². The first-order valence-corrected chi connectivity index (χ1v) is 9.89. The van der Waals surface area contributed by atoms with E-state index in [2.05, 4.69) is 4.74 Å². The largest absolute Gasteiger partial charge is 0.478 e. The number of aliphatic hydroxyl groups is 1. The fraction of sp³-hybridized carbons (Fsp3) is 0.222. The minimum Gasteiger partial charge on any atom is -0.478 e. The molecule has 0 radical (unpaired) electrons. The summed E-state index contributed by atoms with van der Waals surface area (Å²) in [4.78, 5) is 21.1. The topological polar surface area (TPSA) is 158 Å². The molecule has 0 fully saturated rings. The average molecular weight is 524 g/mol. The van der Waals surface area contributed by atoms with E-state index >= 15 is 0 Å². The SMILES string of the molecule is CCO.CCOC(=O)c1cc(F)c(F)cc1F.O=C(O)c1cc(F)c(F)cc1F.O=S(=O)(O)O. The number of esters is 1. The Kier molecular flexibility index (Phi) is 15.1. The van der Waals surface area contributed by atoms with E-state index in [0.29, 0.717) is 18.2 Å². The van der Waals surface area contributed by atoms with E-state index in [-0.39, 0.29) is 19.3 Å². The maximum atomic E-state index is 12.9. The van der Waals surface area contributed by atoms with Crippen molar-refractivity contribution in [3.63, 3.8) is 0 Å². The normalized spacial score (nSPS) is 9.85. The Balaban J connectivity index is 0. The van der Waals surface area contributed by atoms with E-state index in [9.17, 15) is 35.9 Å². The molecule has 9 nitrogen and oxygen atoms in total. The lowest BCUT2D eigenvalue weighted by Gasteiger charge is -2.03. The summed E-state index contributed by atoms with van der Waals surface area (Å²) in [7, 11) is -4.67. The number of ether oxygens (including phenoxy) is 1. The van der Waals surface area contributed by atoms with Crippen LogP contribution < -0.4 is 0 Å². The minimum atomic E-state index is -4.67. The summed E-state index contributed by atoms with van der Waals surface area (Å²) < 4.78 is 111. The number of hydrogen-bond acceptors (Lipinski definition) is 6. The van der Waals surface area contributed by atoms with E-state index in [1.54, 1.807) is 6.92 Å². The highest BCUT2D eigenvalue weighted by atomic mass is 32.3. The maximum absolute atomic E-state index is 12.9. The van der Waals surface area contributed by atoms with Gasteiger partial charge in [-0.2, -0.15) is 8.42 Å². The van der Waals surface area contributed by atoms with Gasteiger partial charge in [-0.25, -0.2) is 35.9 Å². The number of carbonyl (C=O) groups excluding carboxylic acids is 1. The molecule has 0 atom stereocenters. The second-order valence-electron chi connectivity index (χ2n) is 5.28. The fourth-order valence-corrected chi connectivity index (χ4v) is 1.57. The van der Waals surface area contributed by atoms with Gasteiger partial charge in [0.15, 0.2) is 23.3 Å². The molecule has 4 N–H and O–H groups in total. The Morgan fingerprint density at radius 2 is 1.06 bits per heavy atom. The molecule has 0 aliphatic heterocycles. The molecule has 0 heterocycles. The summed E-state index contributed by atoms with van der Waals surface area (Å²) in [5.41, 5.74) is -1.49. The highest BCUT2D eigenvalue weighted by Crippen LogP contribution is 2.15. The molecule has 0 saturated carbocycles. The summed E-state index contributed by atoms with van der Waals surface area (Å²) in [5.74, 6) is -10.5. The maximum Gasteiger partial charge on any atom is 0.394 e. The highest BCUT2D eigenvalue weighted by molar-refractivity contribution is 7.79. The first-order valence-electron chi connectivity index (χ1n) is 8.50. The van der Waals surface area contributed by atoms with Gasteiger partial charge in [0.25, 0.3) is 0 Å². The number of halogens is 6. The predicted octanol–water partition coefficient (Wildman–Crippen LogP) is 3.43. The fourth-order valence-electron chi connectivity index (χ4n) is 1.57. The zero-order valence-electron chi connectivity index (χ0n) is 17.2. The van der Waals surface area contributed by atoms with Gasteiger partial charge in [-0.3, -0.25) is 9.11 Å². The Morgan fingerprint density at radius 1 is 0.765 bits per heavy atom. The standard InChI is InChI=1S/C9H7F3O2.C7H3F3O2.C2H6O.H2O4S/c1-2-14-9(13)5-3-7(11)8(12)4-6(5)10;8-4-2-6(10)5(9)1-3(4)7(11)12;1-2-3;1-5(2,3)4/h3-4H,2H2,1H3;1-2H,(H,11,12);3H,2H2,1H3;(H2,1,2,3,4). The van der Waals surface area contributed by atoms with E-state index in [1.165, 1.54) is 6.92 Å². The third kappa shape index (κ3) is 14.0. The molecule has 0 amide bonds. The number of carboxylic acid groups (broad SMARTS) is 1. The van der Waals surface area contributed by atoms with Gasteiger partial charge in [0.05, 0.1) is 17.7 Å². The molecule has 16 heteroatoms. The summed E-state index contributed by atoms with van der Waals surface area (Å²) in [6.45, 7) is 3.49. The Bertz CT molecular complexity index is 1070. The van der Waals surface area contributed by atoms with Crippen LogP contribution in [0, 0.1) is 34.9 Å². The lowest BCUT2D eigenvalue weighted by Crippen LogP contribution is -2.08. The monoisotopic (exact) mass is 524 g/mol. The van der Waals surface area contributed by atoms with Gasteiger partial charge in [0, 0.05) is 18.7 Å². The van der Waals surface area contributed by atoms with Crippen LogP contribution in [-0.4, -0.2) is 52.9 Å². The second kappa shape index (κ2) is 15.6. The summed E-state index contributed by atoms with van der Waals surface area (Å²) in [5, 5.41) is 15.8. The molecule has 0 bridgehead atoms. The van der Waals surface area contributed by atoms with E-state index in [0.717, 1.165) is 0 Å². The Morgan fingerprint density at radius 3 is 1.38 bits per heavy atom. The van der Waals surface area contributed by atoms with Gasteiger partial charge in [0.2, 0.25) is 0 Å². The van der Waals surface area contributed by atoms with Crippen LogP contribution in [0.2, 0.25) is 0 Å². The zero-order chi connectivity index (χ0) is 27.2. The van der Waals surface area contributed by atoms with Crippen LogP contribution in [0.3, 0.4) is 0 Å². The van der Waals surface area contributed by atoms with Crippen LogP contribution in [0.4, 0.5) is 26.3 Å². The van der Waals surface area contributed by atoms with Crippen LogP contribution in [0.5, 0.6) is 0 Å². The molecule has 2 aromatic rings. The predicted molar refractivity (Wildman–Crippen MR) is 102 cm³/mol. The molecule has 34 heavy (non-hydrogen) atoms. The molecule has 0 aliphatic rings. The van der Waals surface area contributed by atoms with Crippen LogP contribution in [0.15, 0.2) is 24.3 Å².